The van der Waals surface area contributed by atoms with Crippen molar-refractivity contribution in [3.63, 3.8) is 0 Å². The summed E-state index contributed by atoms with van der Waals surface area (Å²) in [6, 6.07) is 8.85. The number of nitrogens with one attached hydrogen (secondary N) is 3. The number of rotatable bonds is 2. The Kier molecular flexibility index (Phi) is 4.76. The molecule has 1 fully saturated rings. The van der Waals surface area contributed by atoms with E-state index in [1.54, 1.807) is 24.3 Å². The number of hydrogen-bond donors (Lipinski definition) is 3. The Morgan fingerprint density at radius 1 is 1.32 bits per heavy atom. The van der Waals surface area contributed by atoms with E-state index in [1.165, 1.54) is 0 Å². The Bertz CT molecular complexity index is 455. The minimum absolute atomic E-state index is 0.181. The van der Waals surface area contributed by atoms with Crippen LogP contribution in [0.15, 0.2) is 24.3 Å². The molecule has 1 aliphatic heterocycles. The number of amides is 2. The van der Waals surface area contributed by atoms with Gasteiger partial charge >= 0.3 is 6.03 Å². The summed E-state index contributed by atoms with van der Waals surface area (Å²) >= 11 is 0. The molecule has 0 radical (unpaired) electrons. The van der Waals surface area contributed by atoms with E-state index < -0.39 is 0 Å². The summed E-state index contributed by atoms with van der Waals surface area (Å²) in [6.07, 6.45) is 3.30. The molecule has 1 aromatic carbocycles. The van der Waals surface area contributed by atoms with Gasteiger partial charge in [-0.25, -0.2) is 4.79 Å². The molecule has 3 N–H and O–H groups in total. The molecule has 1 aliphatic rings. The second kappa shape index (κ2) is 6.76. The maximum atomic E-state index is 11.8. The maximum Gasteiger partial charge on any atom is 0.319 e. The minimum atomic E-state index is -0.196. The predicted octanol–water partition coefficient (Wildman–Crippen LogP) is 1.82. The number of anilines is 1. The number of carbonyl (C=O) groups excluding carboxylic acids is 1. The van der Waals surface area contributed by atoms with E-state index in [9.17, 15) is 4.79 Å². The molecule has 1 heterocycles. The van der Waals surface area contributed by atoms with Crippen LogP contribution in [0.25, 0.3) is 0 Å². The summed E-state index contributed by atoms with van der Waals surface area (Å²) in [5.41, 5.74) is 1.28. The third kappa shape index (κ3) is 4.27. The average molecular weight is 258 g/mol. The largest absolute Gasteiger partial charge is 0.334 e. The van der Waals surface area contributed by atoms with Gasteiger partial charge in [-0.05, 0) is 43.7 Å². The van der Waals surface area contributed by atoms with Gasteiger partial charge in [-0.15, -0.1) is 0 Å². The topological polar surface area (TPSA) is 77.0 Å². The highest BCUT2D eigenvalue weighted by Crippen LogP contribution is 2.09. The van der Waals surface area contributed by atoms with E-state index in [2.05, 4.69) is 16.0 Å². The van der Waals surface area contributed by atoms with Crippen LogP contribution in [-0.4, -0.2) is 25.2 Å². The van der Waals surface area contributed by atoms with Gasteiger partial charge in [-0.2, -0.15) is 5.26 Å². The fourth-order valence-electron chi connectivity index (χ4n) is 2.12. The van der Waals surface area contributed by atoms with Gasteiger partial charge in [0.05, 0.1) is 11.6 Å². The van der Waals surface area contributed by atoms with Crippen LogP contribution in [0.4, 0.5) is 10.5 Å². The van der Waals surface area contributed by atoms with Crippen LogP contribution in [0.5, 0.6) is 0 Å². The molecule has 0 spiro atoms. The summed E-state index contributed by atoms with van der Waals surface area (Å²) in [5.74, 6) is 0. The van der Waals surface area contributed by atoms with Crippen molar-refractivity contribution in [1.29, 1.82) is 5.26 Å². The Hall–Kier alpha value is -2.06. The number of benzene rings is 1. The number of hydrogen-bond acceptors (Lipinski definition) is 3. The first kappa shape index (κ1) is 13.4. The molecule has 0 aliphatic carbocycles. The van der Waals surface area contributed by atoms with Crippen LogP contribution in [-0.2, 0) is 0 Å². The van der Waals surface area contributed by atoms with E-state index in [0.29, 0.717) is 11.3 Å². The van der Waals surface area contributed by atoms with Gasteiger partial charge in [-0.1, -0.05) is 6.42 Å². The zero-order valence-electron chi connectivity index (χ0n) is 10.8. The monoisotopic (exact) mass is 258 g/mol. The zero-order chi connectivity index (χ0) is 13.5. The summed E-state index contributed by atoms with van der Waals surface area (Å²) in [6.45, 7) is 1.84. The summed E-state index contributed by atoms with van der Waals surface area (Å²) < 4.78 is 0. The zero-order valence-corrected chi connectivity index (χ0v) is 10.8. The molecular weight excluding hydrogens is 240 g/mol. The Morgan fingerprint density at radius 2 is 2.11 bits per heavy atom. The van der Waals surface area contributed by atoms with Crippen molar-refractivity contribution in [1.82, 2.24) is 10.6 Å². The molecule has 0 bridgehead atoms. The number of nitriles is 1. The van der Waals surface area contributed by atoms with Crippen LogP contribution in [0.1, 0.15) is 24.8 Å². The van der Waals surface area contributed by atoms with Gasteiger partial charge in [0.15, 0.2) is 0 Å². The lowest BCUT2D eigenvalue weighted by Gasteiger charge is -2.16. The molecule has 0 saturated carbocycles. The molecule has 2 amide bonds. The number of nitrogens with zero attached hydrogens (tertiary/aromatic N) is 1. The second-order valence-electron chi connectivity index (χ2n) is 4.68. The fourth-order valence-corrected chi connectivity index (χ4v) is 2.12. The van der Waals surface area contributed by atoms with E-state index in [0.717, 1.165) is 32.4 Å². The van der Waals surface area contributed by atoms with Gasteiger partial charge in [0, 0.05) is 18.3 Å². The predicted molar refractivity (Wildman–Crippen MR) is 73.8 cm³/mol. The SMILES string of the molecule is N#Cc1ccc(NC(=O)NC2CCCCNC2)cc1. The van der Waals surface area contributed by atoms with Crippen molar-refractivity contribution in [3.05, 3.63) is 29.8 Å². The maximum absolute atomic E-state index is 11.8. The lowest BCUT2D eigenvalue weighted by atomic mass is 10.1. The van der Waals surface area contributed by atoms with Crippen LogP contribution in [0, 0.1) is 11.3 Å². The molecule has 5 nitrogen and oxygen atoms in total. The van der Waals surface area contributed by atoms with E-state index >= 15 is 0 Å². The van der Waals surface area contributed by atoms with Crippen molar-refractivity contribution < 1.29 is 4.79 Å². The molecular formula is C14H18N4O. The summed E-state index contributed by atoms with van der Waals surface area (Å²) in [7, 11) is 0. The van der Waals surface area contributed by atoms with Gasteiger partial charge in [0.2, 0.25) is 0 Å². The van der Waals surface area contributed by atoms with Crippen molar-refractivity contribution in [2.75, 3.05) is 18.4 Å². The van der Waals surface area contributed by atoms with Crippen molar-refractivity contribution >= 4 is 11.7 Å². The highest BCUT2D eigenvalue weighted by molar-refractivity contribution is 5.89. The van der Waals surface area contributed by atoms with Gasteiger partial charge in [-0.3, -0.25) is 0 Å². The lowest BCUT2D eigenvalue weighted by Crippen LogP contribution is -2.42. The average Bonchev–Trinajstić information content (AvgIpc) is 2.68. The summed E-state index contributed by atoms with van der Waals surface area (Å²) in [4.78, 5) is 11.8. The fraction of sp³-hybridized carbons (Fsp3) is 0.429. The Morgan fingerprint density at radius 3 is 2.84 bits per heavy atom. The molecule has 2 rings (SSSR count). The van der Waals surface area contributed by atoms with Crippen LogP contribution in [0.3, 0.4) is 0 Å². The molecule has 5 heteroatoms. The molecule has 1 saturated heterocycles. The van der Waals surface area contributed by atoms with Crippen LogP contribution in [0.2, 0.25) is 0 Å². The van der Waals surface area contributed by atoms with E-state index in [1.807, 2.05) is 6.07 Å². The number of urea groups is 1. The molecule has 1 unspecified atom stereocenters. The smallest absolute Gasteiger partial charge is 0.319 e. The number of carbonyl (C=O) groups is 1. The van der Waals surface area contributed by atoms with Gasteiger partial charge in [0.25, 0.3) is 0 Å². The lowest BCUT2D eigenvalue weighted by molar-refractivity contribution is 0.247. The molecule has 19 heavy (non-hydrogen) atoms. The Balaban J connectivity index is 1.84. The second-order valence-corrected chi connectivity index (χ2v) is 4.68. The standard InChI is InChI=1S/C14H18N4O/c15-9-11-4-6-12(7-5-11)17-14(19)18-13-3-1-2-8-16-10-13/h4-7,13,16H,1-3,8,10H2,(H2,17,18,19). The molecule has 100 valence electrons. The molecule has 1 atom stereocenters. The quantitative estimate of drug-likeness (QED) is 0.757. The molecule has 0 aromatic heterocycles. The third-order valence-electron chi connectivity index (χ3n) is 3.15. The first-order valence-corrected chi connectivity index (χ1v) is 6.56. The van der Waals surface area contributed by atoms with Crippen molar-refractivity contribution in [2.24, 2.45) is 0 Å². The highest BCUT2D eigenvalue weighted by Gasteiger charge is 2.14. The summed E-state index contributed by atoms with van der Waals surface area (Å²) in [5, 5.41) is 17.7. The van der Waals surface area contributed by atoms with Crippen LogP contribution >= 0.6 is 0 Å². The first-order chi connectivity index (χ1) is 9.28. The van der Waals surface area contributed by atoms with E-state index in [4.69, 9.17) is 5.26 Å². The van der Waals surface area contributed by atoms with Crippen LogP contribution < -0.4 is 16.0 Å². The Labute approximate surface area is 113 Å². The minimum Gasteiger partial charge on any atom is -0.334 e. The van der Waals surface area contributed by atoms with Crippen molar-refractivity contribution in [3.8, 4) is 6.07 Å². The van der Waals surface area contributed by atoms with E-state index in [-0.39, 0.29) is 12.1 Å². The van der Waals surface area contributed by atoms with Gasteiger partial charge < -0.3 is 16.0 Å². The molecule has 1 aromatic rings. The van der Waals surface area contributed by atoms with Crippen molar-refractivity contribution in [2.45, 2.75) is 25.3 Å². The first-order valence-electron chi connectivity index (χ1n) is 6.56. The highest BCUT2D eigenvalue weighted by atomic mass is 16.2. The normalized spacial score (nSPS) is 19.0. The third-order valence-corrected chi connectivity index (χ3v) is 3.15. The van der Waals surface area contributed by atoms with Gasteiger partial charge in [0.1, 0.15) is 0 Å².